The topological polar surface area (TPSA) is 69.6 Å². The third-order valence-corrected chi connectivity index (χ3v) is 2.66. The lowest BCUT2D eigenvalue weighted by Gasteiger charge is -2.20. The number of amides is 1. The van der Waals surface area contributed by atoms with Crippen LogP contribution in [0.1, 0.15) is 22.8 Å². The zero-order valence-corrected chi connectivity index (χ0v) is 11.0. The minimum Gasteiger partial charge on any atom is -0.478 e. The summed E-state index contributed by atoms with van der Waals surface area (Å²) in [6, 6.07) is 4.43. The van der Waals surface area contributed by atoms with Crippen LogP contribution in [-0.2, 0) is 4.79 Å². The van der Waals surface area contributed by atoms with Crippen molar-refractivity contribution in [1.82, 2.24) is 4.90 Å². The SMILES string of the molecule is Cc1cc(C(=O)O)ccc1NC(C)C(=O)N(C)C. The molecule has 0 saturated carbocycles. The molecule has 98 valence electrons. The zero-order valence-electron chi connectivity index (χ0n) is 11.0. The summed E-state index contributed by atoms with van der Waals surface area (Å²) in [5.74, 6) is -0.987. The molecule has 5 nitrogen and oxygen atoms in total. The third kappa shape index (κ3) is 3.23. The Kier molecular flexibility index (Phi) is 4.31. The first-order valence-electron chi connectivity index (χ1n) is 5.64. The standard InChI is InChI=1S/C13H18N2O3/c1-8-7-10(13(17)18)5-6-11(8)14-9(2)12(16)15(3)4/h5-7,9,14H,1-4H3,(H,17,18). The van der Waals surface area contributed by atoms with Crippen LogP contribution in [-0.4, -0.2) is 42.0 Å². The zero-order chi connectivity index (χ0) is 13.9. The Morgan fingerprint density at radius 3 is 2.39 bits per heavy atom. The Labute approximate surface area is 106 Å². The Bertz CT molecular complexity index is 469. The normalized spacial score (nSPS) is 11.8. The van der Waals surface area contributed by atoms with Crippen LogP contribution in [0, 0.1) is 6.92 Å². The van der Waals surface area contributed by atoms with Crippen molar-refractivity contribution < 1.29 is 14.7 Å². The van der Waals surface area contributed by atoms with Crippen molar-refractivity contribution in [3.8, 4) is 0 Å². The molecule has 18 heavy (non-hydrogen) atoms. The van der Waals surface area contributed by atoms with Gasteiger partial charge in [0, 0.05) is 19.8 Å². The van der Waals surface area contributed by atoms with Crippen LogP contribution in [0.25, 0.3) is 0 Å². The molecule has 0 aliphatic heterocycles. The van der Waals surface area contributed by atoms with Crippen LogP contribution >= 0.6 is 0 Å². The average Bonchev–Trinajstić information content (AvgIpc) is 2.30. The second-order valence-corrected chi connectivity index (χ2v) is 4.43. The van der Waals surface area contributed by atoms with E-state index in [-0.39, 0.29) is 17.5 Å². The van der Waals surface area contributed by atoms with E-state index in [2.05, 4.69) is 5.32 Å². The van der Waals surface area contributed by atoms with Gasteiger partial charge in [-0.2, -0.15) is 0 Å². The molecular weight excluding hydrogens is 232 g/mol. The number of nitrogens with zero attached hydrogens (tertiary/aromatic N) is 1. The van der Waals surface area contributed by atoms with E-state index in [9.17, 15) is 9.59 Å². The number of hydrogen-bond donors (Lipinski definition) is 2. The molecule has 0 aromatic heterocycles. The number of nitrogens with one attached hydrogen (secondary N) is 1. The third-order valence-electron chi connectivity index (χ3n) is 2.66. The lowest BCUT2D eigenvalue weighted by Crippen LogP contribution is -2.36. The van der Waals surface area contributed by atoms with Crippen molar-refractivity contribution in [2.75, 3.05) is 19.4 Å². The summed E-state index contributed by atoms with van der Waals surface area (Å²) in [4.78, 5) is 24.0. The van der Waals surface area contributed by atoms with Gasteiger partial charge in [-0.05, 0) is 37.6 Å². The average molecular weight is 250 g/mol. The molecule has 1 rings (SSSR count). The smallest absolute Gasteiger partial charge is 0.335 e. The van der Waals surface area contributed by atoms with Gasteiger partial charge in [-0.1, -0.05) is 0 Å². The molecule has 0 fully saturated rings. The van der Waals surface area contributed by atoms with Gasteiger partial charge in [0.1, 0.15) is 6.04 Å². The molecule has 2 N–H and O–H groups in total. The van der Waals surface area contributed by atoms with Crippen LogP contribution in [0.15, 0.2) is 18.2 Å². The first-order chi connectivity index (χ1) is 8.32. The van der Waals surface area contributed by atoms with Crippen LogP contribution in [0.2, 0.25) is 0 Å². The number of benzene rings is 1. The minimum absolute atomic E-state index is 0.0308. The molecule has 1 aromatic carbocycles. The summed E-state index contributed by atoms with van der Waals surface area (Å²) in [5.41, 5.74) is 1.81. The van der Waals surface area contributed by atoms with Gasteiger partial charge in [0.2, 0.25) is 5.91 Å². The second-order valence-electron chi connectivity index (χ2n) is 4.43. The maximum Gasteiger partial charge on any atom is 0.335 e. The highest BCUT2D eigenvalue weighted by molar-refractivity contribution is 5.89. The van der Waals surface area contributed by atoms with Crippen LogP contribution in [0.5, 0.6) is 0 Å². The fourth-order valence-corrected chi connectivity index (χ4v) is 1.64. The summed E-state index contributed by atoms with van der Waals surface area (Å²) in [5, 5.41) is 11.9. The maximum atomic E-state index is 11.7. The number of carboxylic acid groups (broad SMARTS) is 1. The van der Waals surface area contributed by atoms with Crippen molar-refractivity contribution in [3.05, 3.63) is 29.3 Å². The molecule has 1 aromatic rings. The Balaban J connectivity index is 2.86. The fraction of sp³-hybridized carbons (Fsp3) is 0.385. The molecule has 1 unspecified atom stereocenters. The van der Waals surface area contributed by atoms with Gasteiger partial charge < -0.3 is 15.3 Å². The van der Waals surface area contributed by atoms with Gasteiger partial charge in [0.05, 0.1) is 5.56 Å². The molecule has 0 heterocycles. The van der Waals surface area contributed by atoms with Crippen molar-refractivity contribution in [2.24, 2.45) is 0 Å². The van der Waals surface area contributed by atoms with Crippen molar-refractivity contribution in [3.63, 3.8) is 0 Å². The second kappa shape index (κ2) is 5.53. The number of carboxylic acids is 1. The van der Waals surface area contributed by atoms with E-state index in [0.717, 1.165) is 11.3 Å². The molecule has 0 bridgehead atoms. The van der Waals surface area contributed by atoms with E-state index in [1.807, 2.05) is 6.92 Å². The Hall–Kier alpha value is -2.04. The van der Waals surface area contributed by atoms with Gasteiger partial charge >= 0.3 is 5.97 Å². The number of anilines is 1. The number of carbonyl (C=O) groups excluding carboxylic acids is 1. The maximum absolute atomic E-state index is 11.7. The largest absolute Gasteiger partial charge is 0.478 e. The summed E-state index contributed by atoms with van der Waals surface area (Å²) >= 11 is 0. The van der Waals surface area contributed by atoms with Gasteiger partial charge in [0.25, 0.3) is 0 Å². The molecule has 0 radical (unpaired) electrons. The highest BCUT2D eigenvalue weighted by Crippen LogP contribution is 2.17. The van der Waals surface area contributed by atoms with E-state index in [1.165, 1.54) is 11.0 Å². The van der Waals surface area contributed by atoms with Crippen LogP contribution < -0.4 is 5.32 Å². The highest BCUT2D eigenvalue weighted by atomic mass is 16.4. The minimum atomic E-state index is -0.956. The van der Waals surface area contributed by atoms with Gasteiger partial charge in [-0.15, -0.1) is 0 Å². The number of carbonyl (C=O) groups is 2. The van der Waals surface area contributed by atoms with Crippen molar-refractivity contribution >= 4 is 17.6 Å². The lowest BCUT2D eigenvalue weighted by atomic mass is 10.1. The monoisotopic (exact) mass is 250 g/mol. The number of rotatable bonds is 4. The number of aryl methyl sites for hydroxylation is 1. The quantitative estimate of drug-likeness (QED) is 0.851. The molecule has 0 aliphatic rings. The first-order valence-corrected chi connectivity index (χ1v) is 5.64. The first kappa shape index (κ1) is 14.0. The van der Waals surface area contributed by atoms with Crippen molar-refractivity contribution in [2.45, 2.75) is 19.9 Å². The summed E-state index contributed by atoms with van der Waals surface area (Å²) < 4.78 is 0. The van der Waals surface area contributed by atoms with Crippen LogP contribution in [0.4, 0.5) is 5.69 Å². The number of hydrogen-bond acceptors (Lipinski definition) is 3. The van der Waals surface area contributed by atoms with Crippen molar-refractivity contribution in [1.29, 1.82) is 0 Å². The molecule has 1 amide bonds. The van der Waals surface area contributed by atoms with E-state index >= 15 is 0 Å². The fourth-order valence-electron chi connectivity index (χ4n) is 1.64. The van der Waals surface area contributed by atoms with E-state index in [0.29, 0.717) is 0 Å². The molecule has 0 aliphatic carbocycles. The predicted molar refractivity (Wildman–Crippen MR) is 69.9 cm³/mol. The number of likely N-dealkylation sites (N-methyl/N-ethyl adjacent to an activating group) is 1. The predicted octanol–water partition coefficient (Wildman–Crippen LogP) is 1.58. The van der Waals surface area contributed by atoms with E-state index < -0.39 is 5.97 Å². The molecule has 0 saturated heterocycles. The van der Waals surface area contributed by atoms with Gasteiger partial charge in [0.15, 0.2) is 0 Å². The molecule has 0 spiro atoms. The Morgan fingerprint density at radius 1 is 1.33 bits per heavy atom. The Morgan fingerprint density at radius 2 is 1.94 bits per heavy atom. The molecule has 5 heteroatoms. The summed E-state index contributed by atoms with van der Waals surface area (Å²) in [7, 11) is 3.39. The van der Waals surface area contributed by atoms with Gasteiger partial charge in [-0.25, -0.2) is 4.79 Å². The molecular formula is C13H18N2O3. The molecule has 1 atom stereocenters. The number of aromatic carboxylic acids is 1. The van der Waals surface area contributed by atoms with Crippen LogP contribution in [0.3, 0.4) is 0 Å². The highest BCUT2D eigenvalue weighted by Gasteiger charge is 2.15. The van der Waals surface area contributed by atoms with E-state index in [1.54, 1.807) is 33.2 Å². The van der Waals surface area contributed by atoms with E-state index in [4.69, 9.17) is 5.11 Å². The summed E-state index contributed by atoms with van der Waals surface area (Å²) in [6.07, 6.45) is 0. The lowest BCUT2D eigenvalue weighted by molar-refractivity contribution is -0.129. The van der Waals surface area contributed by atoms with Gasteiger partial charge in [-0.3, -0.25) is 4.79 Å². The summed E-state index contributed by atoms with van der Waals surface area (Å²) in [6.45, 7) is 3.58.